The number of aliphatic hydroxyl groups is 2. The Morgan fingerprint density at radius 1 is 1.11 bits per heavy atom. The molecule has 0 radical (unpaired) electrons. The van der Waals surface area contributed by atoms with E-state index >= 15 is 0 Å². The molecule has 1 aliphatic rings. The van der Waals surface area contributed by atoms with Crippen LogP contribution in [-0.4, -0.2) is 96.2 Å². The molecule has 5 unspecified atom stereocenters. The van der Waals surface area contributed by atoms with Crippen LogP contribution in [0.15, 0.2) is 15.8 Å². The normalized spacial score (nSPS) is 22.5. The van der Waals surface area contributed by atoms with Gasteiger partial charge in [0.25, 0.3) is 11.4 Å². The first-order valence-corrected chi connectivity index (χ1v) is 13.7. The fourth-order valence-corrected chi connectivity index (χ4v) is 5.34. The molecule has 5 atom stereocenters. The molecule has 1 saturated heterocycles. The van der Waals surface area contributed by atoms with Gasteiger partial charge < -0.3 is 42.9 Å². The van der Waals surface area contributed by atoms with Crippen molar-refractivity contribution in [1.29, 1.82) is 0 Å². The molecule has 2 N–H and O–H groups in total. The summed E-state index contributed by atoms with van der Waals surface area (Å²) in [5.41, 5.74) is -1.30. The molecule has 38 heavy (non-hydrogen) atoms. The summed E-state index contributed by atoms with van der Waals surface area (Å²) in [7, 11) is -2.66. The van der Waals surface area contributed by atoms with Crippen LogP contribution in [0.25, 0.3) is 0 Å². The summed E-state index contributed by atoms with van der Waals surface area (Å²) in [6, 6.07) is 0. The van der Waals surface area contributed by atoms with Gasteiger partial charge in [0.2, 0.25) is 0 Å². The van der Waals surface area contributed by atoms with Crippen molar-refractivity contribution in [1.82, 2.24) is 9.13 Å². The number of aromatic nitrogens is 2. The average Bonchev–Trinajstić information content (AvgIpc) is 3.15. The van der Waals surface area contributed by atoms with E-state index in [1.165, 1.54) is 20.2 Å². The lowest BCUT2D eigenvalue weighted by molar-refractivity contribution is -0.155. The zero-order chi connectivity index (χ0) is 28.5. The lowest BCUT2D eigenvalue weighted by Crippen LogP contribution is -2.44. The molecular formula is C22H37N2O13P. The van der Waals surface area contributed by atoms with Gasteiger partial charge >= 0.3 is 19.3 Å². The maximum atomic E-state index is 13.2. The Hall–Kier alpha value is -1.94. The highest BCUT2D eigenvalue weighted by Gasteiger charge is 2.48. The average molecular weight is 569 g/mol. The van der Waals surface area contributed by atoms with E-state index in [4.69, 9.17) is 32.7 Å². The van der Waals surface area contributed by atoms with E-state index in [0.29, 0.717) is 0 Å². The second-order valence-electron chi connectivity index (χ2n) is 8.12. The number of methoxy groups -OCH3 is 1. The van der Waals surface area contributed by atoms with Gasteiger partial charge in [-0.3, -0.25) is 13.9 Å². The first-order chi connectivity index (χ1) is 18.1. The fraction of sp³-hybridized carbons (Fsp3) is 0.773. The van der Waals surface area contributed by atoms with Crippen LogP contribution in [-0.2, 0) is 48.8 Å². The van der Waals surface area contributed by atoms with Gasteiger partial charge in [0.1, 0.15) is 25.0 Å². The van der Waals surface area contributed by atoms with Gasteiger partial charge in [-0.2, -0.15) is 0 Å². The Morgan fingerprint density at radius 2 is 1.76 bits per heavy atom. The van der Waals surface area contributed by atoms with E-state index < -0.39 is 61.8 Å². The molecule has 2 rings (SSSR count). The quantitative estimate of drug-likeness (QED) is 0.151. The van der Waals surface area contributed by atoms with Crippen molar-refractivity contribution < 1.29 is 52.3 Å². The summed E-state index contributed by atoms with van der Waals surface area (Å²) in [6.45, 7) is 5.46. The van der Waals surface area contributed by atoms with E-state index in [2.05, 4.69) is 0 Å². The van der Waals surface area contributed by atoms with Gasteiger partial charge in [-0.25, -0.2) is 14.2 Å². The van der Waals surface area contributed by atoms with E-state index in [0.717, 1.165) is 9.13 Å². The van der Waals surface area contributed by atoms with Crippen LogP contribution in [0.5, 0.6) is 0 Å². The molecule has 1 fully saturated rings. The SMILES string of the molecule is CCOC(=O)C(OCC1OC(n2cc(C)c(=O)n(COCCOC)c2=O)C(O)C1O)P(=O)(OCC)OCC. The highest BCUT2D eigenvalue weighted by molar-refractivity contribution is 7.55. The summed E-state index contributed by atoms with van der Waals surface area (Å²) in [4.78, 5) is 38.1. The van der Waals surface area contributed by atoms with Crippen LogP contribution >= 0.6 is 7.60 Å². The van der Waals surface area contributed by atoms with E-state index in [1.54, 1.807) is 20.8 Å². The van der Waals surface area contributed by atoms with Gasteiger partial charge in [-0.05, 0) is 27.7 Å². The first-order valence-electron chi connectivity index (χ1n) is 12.1. The number of aliphatic hydroxyl groups excluding tert-OH is 2. The van der Waals surface area contributed by atoms with Crippen LogP contribution in [0.4, 0.5) is 0 Å². The number of esters is 1. The molecule has 0 aromatic carbocycles. The lowest BCUT2D eigenvalue weighted by Gasteiger charge is -2.26. The van der Waals surface area contributed by atoms with Crippen LogP contribution in [0.1, 0.15) is 32.6 Å². The summed E-state index contributed by atoms with van der Waals surface area (Å²) in [5, 5.41) is 21.3. The zero-order valence-corrected chi connectivity index (χ0v) is 23.0. The maximum absolute atomic E-state index is 13.2. The van der Waals surface area contributed by atoms with Crippen molar-refractivity contribution in [2.45, 2.75) is 64.8 Å². The van der Waals surface area contributed by atoms with Gasteiger partial charge in [-0.15, -0.1) is 0 Å². The summed E-state index contributed by atoms with van der Waals surface area (Å²) in [5.74, 6) is -2.79. The molecule has 1 aliphatic heterocycles. The number of hydrogen-bond donors (Lipinski definition) is 2. The predicted octanol–water partition coefficient (Wildman–Crippen LogP) is -0.270. The largest absolute Gasteiger partial charge is 0.464 e. The van der Waals surface area contributed by atoms with Gasteiger partial charge in [0.15, 0.2) is 6.23 Å². The van der Waals surface area contributed by atoms with Crippen LogP contribution in [0.2, 0.25) is 0 Å². The monoisotopic (exact) mass is 568 g/mol. The minimum atomic E-state index is -4.14. The van der Waals surface area contributed by atoms with E-state index in [9.17, 15) is 29.2 Å². The molecule has 0 aliphatic carbocycles. The van der Waals surface area contributed by atoms with Crippen LogP contribution < -0.4 is 11.2 Å². The van der Waals surface area contributed by atoms with E-state index in [1.807, 2.05) is 0 Å². The smallest absolute Gasteiger partial charge is 0.370 e. The molecule has 0 bridgehead atoms. The molecule has 16 heteroatoms. The third-order valence-corrected chi connectivity index (χ3v) is 7.61. The van der Waals surface area contributed by atoms with Crippen LogP contribution in [0, 0.1) is 6.92 Å². The van der Waals surface area contributed by atoms with E-state index in [-0.39, 0.29) is 45.3 Å². The topological polar surface area (TPSA) is 183 Å². The van der Waals surface area contributed by atoms with Crippen molar-refractivity contribution in [2.75, 3.05) is 46.8 Å². The second kappa shape index (κ2) is 15.0. The Morgan fingerprint density at radius 3 is 2.34 bits per heavy atom. The predicted molar refractivity (Wildman–Crippen MR) is 131 cm³/mol. The Bertz CT molecular complexity index is 1060. The van der Waals surface area contributed by atoms with Crippen LogP contribution in [0.3, 0.4) is 0 Å². The molecule has 1 aromatic rings. The van der Waals surface area contributed by atoms with Crippen molar-refractivity contribution >= 4 is 13.6 Å². The number of ether oxygens (including phenoxy) is 5. The van der Waals surface area contributed by atoms with Crippen molar-refractivity contribution in [2.24, 2.45) is 0 Å². The number of rotatable bonds is 16. The number of hydrogen-bond acceptors (Lipinski definition) is 13. The van der Waals surface area contributed by atoms with Gasteiger partial charge in [0.05, 0.1) is 39.6 Å². The molecule has 15 nitrogen and oxygen atoms in total. The molecule has 218 valence electrons. The Kier molecular flexibility index (Phi) is 12.7. The molecular weight excluding hydrogens is 531 g/mol. The number of carbonyl (C=O) groups is 1. The second-order valence-corrected chi connectivity index (χ2v) is 10.2. The first kappa shape index (κ1) is 32.3. The zero-order valence-electron chi connectivity index (χ0n) is 22.1. The number of nitrogens with zero attached hydrogens (tertiary/aromatic N) is 2. The molecule has 1 aromatic heterocycles. The lowest BCUT2D eigenvalue weighted by atomic mass is 10.1. The van der Waals surface area contributed by atoms with Gasteiger partial charge in [-0.1, -0.05) is 0 Å². The van der Waals surface area contributed by atoms with Crippen molar-refractivity contribution in [3.05, 3.63) is 32.6 Å². The van der Waals surface area contributed by atoms with Gasteiger partial charge in [0, 0.05) is 18.9 Å². The number of carbonyl (C=O) groups excluding carboxylic acids is 1. The number of aryl methyl sites for hydroxylation is 1. The minimum Gasteiger partial charge on any atom is -0.464 e. The summed E-state index contributed by atoms with van der Waals surface area (Å²) in [6.07, 6.45) is -4.68. The maximum Gasteiger partial charge on any atom is 0.370 e. The van der Waals surface area contributed by atoms with Crippen molar-refractivity contribution in [3.8, 4) is 0 Å². The standard InChI is InChI=1S/C22H37N2O13P/c1-6-33-20(28)21(38(30,35-7-2)36-8-3)34-12-15-16(25)17(26)19(37-15)23-11-14(4)18(27)24(22(23)29)13-32-10-9-31-5/h11,15-17,19,21,25-26H,6-10,12-13H2,1-5H3. The highest BCUT2D eigenvalue weighted by Crippen LogP contribution is 2.54. The molecule has 2 heterocycles. The summed E-state index contributed by atoms with van der Waals surface area (Å²) < 4.78 is 51.8. The summed E-state index contributed by atoms with van der Waals surface area (Å²) >= 11 is 0. The minimum absolute atomic E-state index is 0.0343. The molecule has 0 saturated carbocycles. The highest BCUT2D eigenvalue weighted by atomic mass is 31.2. The van der Waals surface area contributed by atoms with Crippen molar-refractivity contribution in [3.63, 3.8) is 0 Å². The molecule has 0 amide bonds. The Labute approximate surface area is 219 Å². The third kappa shape index (κ3) is 7.58. The third-order valence-electron chi connectivity index (χ3n) is 5.44. The fourth-order valence-electron chi connectivity index (χ4n) is 3.67. The Balaban J connectivity index is 2.28. The molecule has 0 spiro atoms.